The van der Waals surface area contributed by atoms with Crippen LogP contribution in [-0.4, -0.2) is 100 Å². The molecular formula is C17H25BN2O7S. The molecule has 154 valence electrons. The number of carbonyl (C=O) groups is 2. The van der Waals surface area contributed by atoms with Crippen molar-refractivity contribution in [2.45, 2.75) is 11.6 Å². The average Bonchev–Trinajstić information content (AvgIpc) is 2.65. The molecule has 0 saturated carbocycles. The highest BCUT2D eigenvalue weighted by Gasteiger charge is 2.29. The first-order valence-corrected chi connectivity index (χ1v) is 9.85. The predicted molar refractivity (Wildman–Crippen MR) is 106 cm³/mol. The highest BCUT2D eigenvalue weighted by molar-refractivity contribution is 8.01. The number of carbonyl (C=O) groups excluding carboxylic acids is 1. The molecule has 0 bridgehead atoms. The fourth-order valence-electron chi connectivity index (χ4n) is 2.95. The van der Waals surface area contributed by atoms with E-state index in [-0.39, 0.29) is 35.0 Å². The monoisotopic (exact) mass is 412 g/mol. The largest absolute Gasteiger partial charge is 0.507 e. The number of piperazine rings is 1. The van der Waals surface area contributed by atoms with Crippen molar-refractivity contribution in [2.24, 2.45) is 0 Å². The van der Waals surface area contributed by atoms with Gasteiger partial charge in [0.1, 0.15) is 17.1 Å². The van der Waals surface area contributed by atoms with Gasteiger partial charge in [-0.05, 0) is 25.1 Å². The molecule has 11 heteroatoms. The molecular weight excluding hydrogens is 387 g/mol. The highest BCUT2D eigenvalue weighted by atomic mass is 32.2. The van der Waals surface area contributed by atoms with Gasteiger partial charge < -0.3 is 34.8 Å². The summed E-state index contributed by atoms with van der Waals surface area (Å²) >= 11 is 1.07. The summed E-state index contributed by atoms with van der Waals surface area (Å²) in [4.78, 5) is 27.6. The number of phenols is 1. The van der Waals surface area contributed by atoms with Crippen molar-refractivity contribution < 1.29 is 34.6 Å². The number of ether oxygens (including phenoxy) is 1. The Kier molecular flexibility index (Phi) is 7.99. The third kappa shape index (κ3) is 5.54. The van der Waals surface area contributed by atoms with Gasteiger partial charge in [-0.25, -0.2) is 4.79 Å². The Hall–Kier alpha value is -1.95. The lowest BCUT2D eigenvalue weighted by Crippen LogP contribution is -2.48. The lowest BCUT2D eigenvalue weighted by molar-refractivity contribution is -0.129. The molecule has 2 rings (SSSR count). The van der Waals surface area contributed by atoms with Crippen LogP contribution in [0.1, 0.15) is 15.9 Å². The minimum Gasteiger partial charge on any atom is -0.507 e. The number of benzene rings is 1. The molecule has 1 amide bonds. The fourth-order valence-corrected chi connectivity index (χ4v) is 3.96. The van der Waals surface area contributed by atoms with Crippen LogP contribution >= 0.6 is 11.8 Å². The van der Waals surface area contributed by atoms with Gasteiger partial charge in [-0.1, -0.05) is 6.07 Å². The van der Waals surface area contributed by atoms with Gasteiger partial charge in [0.15, 0.2) is 0 Å². The average molecular weight is 412 g/mol. The van der Waals surface area contributed by atoms with E-state index >= 15 is 0 Å². The zero-order chi connectivity index (χ0) is 20.8. The molecule has 0 aromatic heterocycles. The number of hydrogen-bond acceptors (Lipinski definition) is 8. The first-order chi connectivity index (χ1) is 13.2. The molecule has 0 unspecified atom stereocenters. The maximum absolute atomic E-state index is 12.4. The first-order valence-electron chi connectivity index (χ1n) is 8.80. The second-order valence-corrected chi connectivity index (χ2v) is 7.83. The van der Waals surface area contributed by atoms with Gasteiger partial charge in [0.2, 0.25) is 5.91 Å². The lowest BCUT2D eigenvalue weighted by atomic mass is 9.81. The van der Waals surface area contributed by atoms with Crippen LogP contribution in [0.15, 0.2) is 12.1 Å². The van der Waals surface area contributed by atoms with Crippen LogP contribution in [-0.2, 0) is 11.2 Å². The maximum atomic E-state index is 12.4. The van der Waals surface area contributed by atoms with Crippen molar-refractivity contribution in [3.8, 4) is 11.5 Å². The molecule has 1 aromatic carbocycles. The number of rotatable bonds is 8. The summed E-state index contributed by atoms with van der Waals surface area (Å²) in [5.41, 5.74) is -0.152. The molecule has 9 nitrogen and oxygen atoms in total. The molecule has 1 heterocycles. The van der Waals surface area contributed by atoms with Gasteiger partial charge in [-0.15, -0.1) is 0 Å². The minimum absolute atomic E-state index is 0.00717. The number of carboxylic acids is 1. The van der Waals surface area contributed by atoms with Crippen LogP contribution in [0, 0.1) is 0 Å². The molecule has 4 N–H and O–H groups in total. The zero-order valence-electron chi connectivity index (χ0n) is 15.9. The topological polar surface area (TPSA) is 131 Å². The fraction of sp³-hybridized carbons (Fsp3) is 0.529. The van der Waals surface area contributed by atoms with Crippen LogP contribution in [0.25, 0.3) is 0 Å². The quantitative estimate of drug-likeness (QED) is 0.419. The molecule has 1 aromatic rings. The number of likely N-dealkylation sites (N-methyl/N-ethyl adjacent to an activating group) is 1. The van der Waals surface area contributed by atoms with Crippen LogP contribution in [0.3, 0.4) is 0 Å². The Morgan fingerprint density at radius 2 is 1.89 bits per heavy atom. The standard InChI is InChI=1S/C17H25BN2O7S/c1-19-5-7-20(8-6-19)14(21)10-28-13(18(25)26)9-11-3-4-12(27-2)15(16(11)22)17(23)24/h3-4,13,22,25-26H,5-10H2,1-2H3,(H,23,24)/t13-/m0/s1. The number of nitrogens with zero attached hydrogens (tertiary/aromatic N) is 2. The second-order valence-electron chi connectivity index (χ2n) is 6.61. The Balaban J connectivity index is 2.06. The van der Waals surface area contributed by atoms with Gasteiger partial charge in [0.25, 0.3) is 0 Å². The van der Waals surface area contributed by atoms with Gasteiger partial charge in [-0.3, -0.25) is 4.79 Å². The number of hydrogen-bond donors (Lipinski definition) is 4. The van der Waals surface area contributed by atoms with Crippen LogP contribution in [0.4, 0.5) is 0 Å². The van der Waals surface area contributed by atoms with Gasteiger partial charge in [0, 0.05) is 31.3 Å². The summed E-state index contributed by atoms with van der Waals surface area (Å²) in [5, 5.41) is 38.1. The van der Waals surface area contributed by atoms with E-state index in [0.717, 1.165) is 24.9 Å². The summed E-state index contributed by atoms with van der Waals surface area (Å²) in [6.45, 7) is 2.84. The van der Waals surface area contributed by atoms with Gasteiger partial charge >= 0.3 is 13.1 Å². The third-order valence-corrected chi connectivity index (χ3v) is 5.94. The molecule has 28 heavy (non-hydrogen) atoms. The van der Waals surface area contributed by atoms with Crippen molar-refractivity contribution in [1.82, 2.24) is 9.80 Å². The number of carboxylic acid groups (broad SMARTS) is 1. The summed E-state index contributed by atoms with van der Waals surface area (Å²) in [6.07, 6.45) is -0.0194. The summed E-state index contributed by atoms with van der Waals surface area (Å²) in [7, 11) is 1.54. The molecule has 1 aliphatic heterocycles. The molecule has 0 aliphatic carbocycles. The van der Waals surface area contributed by atoms with E-state index in [2.05, 4.69) is 4.90 Å². The number of thioether (sulfide) groups is 1. The minimum atomic E-state index is -1.74. The second kappa shape index (κ2) is 10.0. The zero-order valence-corrected chi connectivity index (χ0v) is 16.7. The summed E-state index contributed by atoms with van der Waals surface area (Å²) in [6, 6.07) is 2.87. The van der Waals surface area contributed by atoms with Crippen LogP contribution in [0.5, 0.6) is 11.5 Å². The molecule has 0 radical (unpaired) electrons. The smallest absolute Gasteiger partial charge is 0.465 e. The van der Waals surface area contributed by atoms with Gasteiger partial charge in [-0.2, -0.15) is 11.8 Å². The molecule has 1 saturated heterocycles. The summed E-state index contributed by atoms with van der Waals surface area (Å²) in [5.74, 6) is -1.85. The number of amides is 1. The third-order valence-electron chi connectivity index (χ3n) is 4.69. The van der Waals surface area contributed by atoms with Crippen molar-refractivity contribution in [1.29, 1.82) is 0 Å². The molecule has 1 fully saturated rings. The SMILES string of the molecule is COc1ccc(C[C@H](SCC(=O)N2CCN(C)CC2)B(O)O)c(O)c1C(=O)O. The first kappa shape index (κ1) is 22.3. The van der Waals surface area contributed by atoms with E-state index in [1.54, 1.807) is 4.90 Å². The van der Waals surface area contributed by atoms with Crippen molar-refractivity contribution in [2.75, 3.05) is 46.1 Å². The van der Waals surface area contributed by atoms with E-state index < -0.39 is 24.0 Å². The predicted octanol–water partition coefficient (Wildman–Crippen LogP) is -0.471. The number of aromatic carboxylic acids is 1. The summed E-state index contributed by atoms with van der Waals surface area (Å²) < 4.78 is 4.95. The number of methoxy groups -OCH3 is 1. The van der Waals surface area contributed by atoms with E-state index in [9.17, 15) is 29.9 Å². The molecule has 0 spiro atoms. The van der Waals surface area contributed by atoms with E-state index in [4.69, 9.17) is 4.74 Å². The normalized spacial score (nSPS) is 15.9. The Labute approximate surface area is 168 Å². The lowest BCUT2D eigenvalue weighted by Gasteiger charge is -2.32. The molecule has 1 atom stereocenters. The van der Waals surface area contributed by atoms with E-state index in [0.29, 0.717) is 13.1 Å². The van der Waals surface area contributed by atoms with Crippen molar-refractivity contribution in [3.63, 3.8) is 0 Å². The Morgan fingerprint density at radius 3 is 2.43 bits per heavy atom. The van der Waals surface area contributed by atoms with E-state index in [1.807, 2.05) is 7.05 Å². The van der Waals surface area contributed by atoms with E-state index in [1.165, 1.54) is 19.2 Å². The van der Waals surface area contributed by atoms with Crippen molar-refractivity contribution >= 4 is 30.8 Å². The van der Waals surface area contributed by atoms with Crippen LogP contribution in [0.2, 0.25) is 0 Å². The van der Waals surface area contributed by atoms with Crippen LogP contribution < -0.4 is 4.74 Å². The maximum Gasteiger partial charge on any atom is 0.465 e. The van der Waals surface area contributed by atoms with Crippen molar-refractivity contribution in [3.05, 3.63) is 23.3 Å². The Bertz CT molecular complexity index is 711. The molecule has 1 aliphatic rings. The number of aromatic hydroxyl groups is 1. The highest BCUT2D eigenvalue weighted by Crippen LogP contribution is 2.33. The Morgan fingerprint density at radius 1 is 1.25 bits per heavy atom. The van der Waals surface area contributed by atoms with Gasteiger partial charge in [0.05, 0.1) is 12.9 Å².